The van der Waals surface area contributed by atoms with E-state index in [-0.39, 0.29) is 24.0 Å². The van der Waals surface area contributed by atoms with Crippen LogP contribution in [0.2, 0.25) is 0 Å². The minimum atomic E-state index is 0. The minimum absolute atomic E-state index is 0. The highest BCUT2D eigenvalue weighted by Crippen LogP contribution is 2.40. The third-order valence-corrected chi connectivity index (χ3v) is 4.56. The van der Waals surface area contributed by atoms with Crippen LogP contribution in [0.1, 0.15) is 43.8 Å². The van der Waals surface area contributed by atoms with E-state index in [0.717, 1.165) is 25.5 Å². The lowest BCUT2D eigenvalue weighted by Gasteiger charge is -2.29. The van der Waals surface area contributed by atoms with Gasteiger partial charge >= 0.3 is 0 Å². The summed E-state index contributed by atoms with van der Waals surface area (Å²) in [5.41, 5.74) is 0.344. The number of hydrogen-bond acceptors (Lipinski definition) is 5. The van der Waals surface area contributed by atoms with Crippen molar-refractivity contribution in [3.05, 3.63) is 11.7 Å². The maximum absolute atomic E-state index is 5.28. The predicted octanol–water partition coefficient (Wildman–Crippen LogP) is 2.30. The van der Waals surface area contributed by atoms with Crippen LogP contribution >= 0.6 is 24.0 Å². The molecule has 2 rings (SSSR count). The molecule has 0 aromatic carbocycles. The Kier molecular flexibility index (Phi) is 9.57. The smallest absolute Gasteiger partial charge is 0.228 e. The summed E-state index contributed by atoms with van der Waals surface area (Å²) >= 11 is 0. The topological polar surface area (TPSA) is 84.6 Å². The zero-order chi connectivity index (χ0) is 16.5. The third-order valence-electron chi connectivity index (χ3n) is 4.56. The number of guanidine groups is 1. The number of hydrogen-bond donors (Lipinski definition) is 2. The molecule has 0 atom stereocenters. The molecule has 1 aromatic heterocycles. The molecule has 1 saturated carbocycles. The lowest BCUT2D eigenvalue weighted by Crippen LogP contribution is -2.43. The van der Waals surface area contributed by atoms with Crippen molar-refractivity contribution in [2.45, 2.75) is 45.4 Å². The number of ether oxygens (including phenoxy) is 1. The number of halogens is 1. The van der Waals surface area contributed by atoms with E-state index in [1.165, 1.54) is 25.7 Å². The van der Waals surface area contributed by atoms with Crippen molar-refractivity contribution in [1.29, 1.82) is 0 Å². The first-order valence-corrected chi connectivity index (χ1v) is 8.40. The second-order valence-corrected chi connectivity index (χ2v) is 6.29. The van der Waals surface area contributed by atoms with Crippen molar-refractivity contribution in [2.24, 2.45) is 10.4 Å². The first kappa shape index (κ1) is 21.1. The summed E-state index contributed by atoms with van der Waals surface area (Å²) < 4.78 is 10.4. The fraction of sp³-hybridized carbons (Fsp3) is 0.812. The van der Waals surface area contributed by atoms with Crippen LogP contribution in [0.3, 0.4) is 0 Å². The summed E-state index contributed by atoms with van der Waals surface area (Å²) in [6.45, 7) is 4.30. The average Bonchev–Trinajstić information content (AvgIpc) is 3.18. The highest BCUT2D eigenvalue weighted by atomic mass is 127. The molecule has 24 heavy (non-hydrogen) atoms. The van der Waals surface area contributed by atoms with E-state index in [2.05, 4.69) is 25.8 Å². The molecular formula is C16H30IN5O2. The van der Waals surface area contributed by atoms with E-state index in [1.807, 2.05) is 6.92 Å². The second-order valence-electron chi connectivity index (χ2n) is 6.29. The number of rotatable bonds is 8. The first-order valence-electron chi connectivity index (χ1n) is 8.40. The molecule has 138 valence electrons. The summed E-state index contributed by atoms with van der Waals surface area (Å²) in [6.07, 6.45) is 6.95. The van der Waals surface area contributed by atoms with Gasteiger partial charge in [-0.05, 0) is 31.6 Å². The van der Waals surface area contributed by atoms with Crippen molar-refractivity contribution in [3.8, 4) is 0 Å². The molecule has 7 nitrogen and oxygen atoms in total. The van der Waals surface area contributed by atoms with Gasteiger partial charge in [-0.2, -0.15) is 4.98 Å². The van der Waals surface area contributed by atoms with Crippen LogP contribution < -0.4 is 10.6 Å². The Morgan fingerprint density at radius 1 is 1.33 bits per heavy atom. The molecular weight excluding hydrogens is 421 g/mol. The van der Waals surface area contributed by atoms with Gasteiger partial charge in [0.1, 0.15) is 0 Å². The summed E-state index contributed by atoms with van der Waals surface area (Å²) in [4.78, 5) is 8.49. The van der Waals surface area contributed by atoms with Gasteiger partial charge in [0, 0.05) is 40.3 Å². The maximum Gasteiger partial charge on any atom is 0.228 e. The number of nitrogens with zero attached hydrogens (tertiary/aromatic N) is 3. The van der Waals surface area contributed by atoms with Crippen LogP contribution in [0.5, 0.6) is 0 Å². The van der Waals surface area contributed by atoms with Crippen molar-refractivity contribution in [1.82, 2.24) is 20.8 Å². The molecule has 0 amide bonds. The van der Waals surface area contributed by atoms with E-state index in [1.54, 1.807) is 14.2 Å². The van der Waals surface area contributed by atoms with Gasteiger partial charge in [-0.25, -0.2) is 0 Å². The summed E-state index contributed by atoms with van der Waals surface area (Å²) in [6, 6.07) is 0. The Labute approximate surface area is 161 Å². The zero-order valence-corrected chi connectivity index (χ0v) is 17.3. The van der Waals surface area contributed by atoms with E-state index in [4.69, 9.17) is 9.26 Å². The van der Waals surface area contributed by atoms with Gasteiger partial charge in [0.05, 0.1) is 0 Å². The van der Waals surface area contributed by atoms with Crippen LogP contribution in [-0.4, -0.2) is 50.0 Å². The Morgan fingerprint density at radius 3 is 2.67 bits per heavy atom. The zero-order valence-electron chi connectivity index (χ0n) is 14.9. The summed E-state index contributed by atoms with van der Waals surface area (Å²) in [7, 11) is 3.57. The fourth-order valence-corrected chi connectivity index (χ4v) is 3.18. The highest BCUT2D eigenvalue weighted by molar-refractivity contribution is 14.0. The Hall–Kier alpha value is -0.900. The SMILES string of the molecule is CN=C(NCCc1nc(C)no1)NCC1(CCOC)CCCC1.I. The first-order chi connectivity index (χ1) is 11.2. The second kappa shape index (κ2) is 10.9. The Bertz CT molecular complexity index is 500. The lowest BCUT2D eigenvalue weighted by molar-refractivity contribution is 0.138. The molecule has 0 aliphatic heterocycles. The number of nitrogens with one attached hydrogen (secondary N) is 2. The van der Waals surface area contributed by atoms with E-state index < -0.39 is 0 Å². The fourth-order valence-electron chi connectivity index (χ4n) is 3.18. The predicted molar refractivity (Wildman–Crippen MR) is 105 cm³/mol. The number of aliphatic imine (C=N–C) groups is 1. The number of methoxy groups -OCH3 is 1. The van der Waals surface area contributed by atoms with Crippen LogP contribution in [0.25, 0.3) is 0 Å². The quantitative estimate of drug-likeness (QED) is 0.359. The molecule has 0 spiro atoms. The Balaban J connectivity index is 0.00000288. The Morgan fingerprint density at radius 2 is 2.08 bits per heavy atom. The molecule has 1 fully saturated rings. The maximum atomic E-state index is 5.28. The van der Waals surface area contributed by atoms with Gasteiger partial charge in [0.2, 0.25) is 5.89 Å². The molecule has 1 aromatic rings. The van der Waals surface area contributed by atoms with Gasteiger partial charge in [-0.1, -0.05) is 18.0 Å². The van der Waals surface area contributed by atoms with E-state index in [0.29, 0.717) is 30.1 Å². The summed E-state index contributed by atoms with van der Waals surface area (Å²) in [5.74, 6) is 2.14. The van der Waals surface area contributed by atoms with Crippen LogP contribution in [0, 0.1) is 12.3 Å². The molecule has 1 aliphatic carbocycles. The largest absolute Gasteiger partial charge is 0.385 e. The van der Waals surface area contributed by atoms with Gasteiger partial charge < -0.3 is 19.9 Å². The van der Waals surface area contributed by atoms with Crippen LogP contribution in [0.4, 0.5) is 0 Å². The normalized spacial score (nSPS) is 16.7. The molecule has 0 bridgehead atoms. The molecule has 0 saturated heterocycles. The molecule has 8 heteroatoms. The third kappa shape index (κ3) is 6.54. The van der Waals surface area contributed by atoms with Gasteiger partial charge in [-0.3, -0.25) is 4.99 Å². The molecule has 2 N–H and O–H groups in total. The molecule has 1 aliphatic rings. The van der Waals surface area contributed by atoms with E-state index >= 15 is 0 Å². The van der Waals surface area contributed by atoms with Crippen LogP contribution in [-0.2, 0) is 11.2 Å². The van der Waals surface area contributed by atoms with Crippen molar-refractivity contribution in [2.75, 3.05) is 33.9 Å². The average molecular weight is 451 g/mol. The van der Waals surface area contributed by atoms with Crippen molar-refractivity contribution < 1.29 is 9.26 Å². The highest BCUT2D eigenvalue weighted by Gasteiger charge is 2.33. The van der Waals surface area contributed by atoms with E-state index in [9.17, 15) is 0 Å². The number of aryl methyl sites for hydroxylation is 1. The molecule has 0 unspecified atom stereocenters. The van der Waals surface area contributed by atoms with Crippen molar-refractivity contribution >= 4 is 29.9 Å². The van der Waals surface area contributed by atoms with Gasteiger partial charge in [0.15, 0.2) is 11.8 Å². The molecule has 1 heterocycles. The minimum Gasteiger partial charge on any atom is -0.385 e. The van der Waals surface area contributed by atoms with Crippen molar-refractivity contribution in [3.63, 3.8) is 0 Å². The van der Waals surface area contributed by atoms with Gasteiger partial charge in [-0.15, -0.1) is 24.0 Å². The lowest BCUT2D eigenvalue weighted by atomic mass is 9.83. The standard InChI is InChI=1S/C16H29N5O2.HI/c1-13-20-14(23-21-13)6-10-18-15(17-2)19-12-16(9-11-22-3)7-4-5-8-16;/h4-12H2,1-3H3,(H2,17,18,19);1H. The van der Waals surface area contributed by atoms with Gasteiger partial charge in [0.25, 0.3) is 0 Å². The van der Waals surface area contributed by atoms with Crippen LogP contribution in [0.15, 0.2) is 9.52 Å². The monoisotopic (exact) mass is 451 g/mol. The molecule has 0 radical (unpaired) electrons. The summed E-state index contributed by atoms with van der Waals surface area (Å²) in [5, 5.41) is 10.6. The number of aromatic nitrogens is 2.